The molecule has 3 fully saturated rings. The molecule has 4 rings (SSSR count). The Morgan fingerprint density at radius 1 is 1.11 bits per heavy atom. The van der Waals surface area contributed by atoms with Crippen molar-refractivity contribution in [2.24, 2.45) is 16.7 Å². The number of Topliss-reactive ketones (excluding diaryl/α,β-unsaturated/α-hetero) is 1. The fourth-order valence-corrected chi connectivity index (χ4v) is 7.73. The molecular formula is C21H30N2O4S. The smallest absolute Gasteiger partial charge is 0.215 e. The Balaban J connectivity index is 1.44. The van der Waals surface area contributed by atoms with E-state index in [1.807, 2.05) is 24.3 Å². The summed E-state index contributed by atoms with van der Waals surface area (Å²) in [4.78, 5) is 14.9. The number of carbonyl (C=O) groups excluding carboxylic acids is 1. The molecule has 0 aromatic heterocycles. The van der Waals surface area contributed by atoms with Gasteiger partial charge < -0.3 is 9.64 Å². The van der Waals surface area contributed by atoms with Crippen LogP contribution in [0.15, 0.2) is 24.3 Å². The van der Waals surface area contributed by atoms with Crippen molar-refractivity contribution in [2.75, 3.05) is 43.9 Å². The summed E-state index contributed by atoms with van der Waals surface area (Å²) in [6, 6.07) is 7.84. The third-order valence-electron chi connectivity index (χ3n) is 7.64. The molecule has 1 aromatic rings. The first-order valence-electron chi connectivity index (χ1n) is 10.1. The summed E-state index contributed by atoms with van der Waals surface area (Å²) in [6.45, 7) is 6.40. The van der Waals surface area contributed by atoms with Gasteiger partial charge in [0, 0.05) is 43.7 Å². The zero-order valence-electron chi connectivity index (χ0n) is 17.0. The first-order chi connectivity index (χ1) is 13.2. The lowest BCUT2D eigenvalue weighted by atomic mass is 9.70. The van der Waals surface area contributed by atoms with E-state index in [0.717, 1.165) is 17.9 Å². The molecule has 1 aliphatic heterocycles. The second kappa shape index (κ2) is 6.73. The maximum absolute atomic E-state index is 13.2. The van der Waals surface area contributed by atoms with Gasteiger partial charge in [-0.05, 0) is 48.4 Å². The Morgan fingerprint density at radius 3 is 2.25 bits per heavy atom. The Labute approximate surface area is 167 Å². The van der Waals surface area contributed by atoms with Crippen molar-refractivity contribution in [2.45, 2.75) is 33.1 Å². The molecule has 2 saturated carbocycles. The van der Waals surface area contributed by atoms with E-state index in [1.165, 1.54) is 0 Å². The highest BCUT2D eigenvalue weighted by molar-refractivity contribution is 7.89. The molecule has 1 saturated heterocycles. The molecule has 2 bridgehead atoms. The van der Waals surface area contributed by atoms with Gasteiger partial charge in [-0.2, -0.15) is 4.31 Å². The molecule has 7 heteroatoms. The molecular weight excluding hydrogens is 376 g/mol. The maximum atomic E-state index is 13.2. The number of fused-ring (bicyclic) bond motifs is 2. The molecule has 0 spiro atoms. The van der Waals surface area contributed by atoms with Crippen LogP contribution < -0.4 is 9.64 Å². The van der Waals surface area contributed by atoms with Crippen molar-refractivity contribution >= 4 is 21.5 Å². The topological polar surface area (TPSA) is 66.9 Å². The van der Waals surface area contributed by atoms with E-state index in [4.69, 9.17) is 4.74 Å². The summed E-state index contributed by atoms with van der Waals surface area (Å²) in [6.07, 6.45) is 2.24. The molecule has 0 unspecified atom stereocenters. The Morgan fingerprint density at radius 2 is 1.75 bits per heavy atom. The maximum Gasteiger partial charge on any atom is 0.215 e. The first-order valence-corrected chi connectivity index (χ1v) is 11.7. The standard InChI is InChI=1S/C21H30N2O4S/c1-20(2)16-8-9-21(20,19(24)14-16)15-28(25,26)23-12-10-22(11-13-23)17-4-6-18(27-3)7-5-17/h4-7,16H,8-15H2,1-3H3/t16-,21-/m0/s1. The lowest BCUT2D eigenvalue weighted by Gasteiger charge is -2.40. The van der Waals surface area contributed by atoms with Crippen LogP contribution >= 0.6 is 0 Å². The monoisotopic (exact) mass is 406 g/mol. The molecule has 3 aliphatic rings. The minimum Gasteiger partial charge on any atom is -0.497 e. The van der Waals surface area contributed by atoms with E-state index in [0.29, 0.717) is 44.9 Å². The number of carbonyl (C=O) groups is 1. The molecule has 1 heterocycles. The largest absolute Gasteiger partial charge is 0.497 e. The third-order valence-corrected chi connectivity index (χ3v) is 9.65. The van der Waals surface area contributed by atoms with Crippen molar-refractivity contribution in [1.82, 2.24) is 4.31 Å². The number of anilines is 1. The second-order valence-corrected chi connectivity index (χ2v) is 11.0. The molecule has 0 N–H and O–H groups in total. The lowest BCUT2D eigenvalue weighted by Crippen LogP contribution is -2.52. The average molecular weight is 407 g/mol. The fourth-order valence-electron chi connectivity index (χ4n) is 5.53. The van der Waals surface area contributed by atoms with Gasteiger partial charge in [0.15, 0.2) is 0 Å². The van der Waals surface area contributed by atoms with Crippen molar-refractivity contribution < 1.29 is 17.9 Å². The van der Waals surface area contributed by atoms with E-state index in [2.05, 4.69) is 18.7 Å². The molecule has 0 radical (unpaired) electrons. The average Bonchev–Trinajstić information content (AvgIpc) is 3.02. The molecule has 154 valence electrons. The molecule has 6 nitrogen and oxygen atoms in total. The highest BCUT2D eigenvalue weighted by Gasteiger charge is 2.65. The Hall–Kier alpha value is -1.60. The van der Waals surface area contributed by atoms with Gasteiger partial charge in [0.2, 0.25) is 10.0 Å². The number of benzene rings is 1. The predicted molar refractivity (Wildman–Crippen MR) is 109 cm³/mol. The van der Waals surface area contributed by atoms with Crippen LogP contribution in [0.1, 0.15) is 33.1 Å². The summed E-state index contributed by atoms with van der Waals surface area (Å²) < 4.78 is 33.2. The summed E-state index contributed by atoms with van der Waals surface area (Å²) in [5, 5.41) is 0. The van der Waals surface area contributed by atoms with Gasteiger partial charge in [0.1, 0.15) is 11.5 Å². The van der Waals surface area contributed by atoms with Gasteiger partial charge in [0.05, 0.1) is 12.9 Å². The normalized spacial score (nSPS) is 30.0. The zero-order valence-corrected chi connectivity index (χ0v) is 17.8. The number of nitrogens with zero attached hydrogens (tertiary/aromatic N) is 2. The number of piperazine rings is 1. The zero-order chi connectivity index (χ0) is 20.2. The van der Waals surface area contributed by atoms with Crippen LogP contribution in [-0.4, -0.2) is 57.5 Å². The van der Waals surface area contributed by atoms with Crippen LogP contribution in [0.25, 0.3) is 0 Å². The van der Waals surface area contributed by atoms with Gasteiger partial charge in [-0.15, -0.1) is 0 Å². The van der Waals surface area contributed by atoms with Gasteiger partial charge in [-0.1, -0.05) is 13.8 Å². The van der Waals surface area contributed by atoms with Crippen LogP contribution in [0.2, 0.25) is 0 Å². The van der Waals surface area contributed by atoms with Crippen LogP contribution in [0.4, 0.5) is 5.69 Å². The highest BCUT2D eigenvalue weighted by Crippen LogP contribution is 2.64. The Kier molecular flexibility index (Phi) is 4.74. The summed E-state index contributed by atoms with van der Waals surface area (Å²) >= 11 is 0. The molecule has 2 atom stereocenters. The highest BCUT2D eigenvalue weighted by atomic mass is 32.2. The van der Waals surface area contributed by atoms with Crippen molar-refractivity contribution in [3.8, 4) is 5.75 Å². The van der Waals surface area contributed by atoms with E-state index in [9.17, 15) is 13.2 Å². The Bertz CT molecular complexity index is 857. The number of hydrogen-bond acceptors (Lipinski definition) is 5. The molecule has 1 aromatic carbocycles. The van der Waals surface area contributed by atoms with Gasteiger partial charge >= 0.3 is 0 Å². The number of rotatable bonds is 5. The molecule has 0 amide bonds. The number of ketones is 1. The van der Waals surface area contributed by atoms with Crippen LogP contribution in [0.5, 0.6) is 5.75 Å². The van der Waals surface area contributed by atoms with Gasteiger partial charge in [-0.25, -0.2) is 8.42 Å². The summed E-state index contributed by atoms with van der Waals surface area (Å²) in [5.74, 6) is 1.28. The summed E-state index contributed by atoms with van der Waals surface area (Å²) in [7, 11) is -1.83. The lowest BCUT2D eigenvalue weighted by molar-refractivity contribution is -0.128. The third kappa shape index (κ3) is 2.94. The van der Waals surface area contributed by atoms with Crippen LogP contribution in [0, 0.1) is 16.7 Å². The minimum absolute atomic E-state index is 0.0229. The van der Waals surface area contributed by atoms with Crippen molar-refractivity contribution in [1.29, 1.82) is 0 Å². The predicted octanol–water partition coefficient (Wildman–Crippen LogP) is 2.54. The van der Waals surface area contributed by atoms with Gasteiger partial charge in [-0.3, -0.25) is 4.79 Å². The SMILES string of the molecule is COc1ccc(N2CCN(S(=O)(=O)C[C@@]34CC[C@@H](CC3=O)C4(C)C)CC2)cc1. The van der Waals surface area contributed by atoms with E-state index in [1.54, 1.807) is 11.4 Å². The van der Waals surface area contributed by atoms with E-state index in [-0.39, 0.29) is 17.0 Å². The minimum atomic E-state index is -3.47. The number of ether oxygens (including phenoxy) is 1. The number of sulfonamides is 1. The van der Waals surface area contributed by atoms with Crippen LogP contribution in [-0.2, 0) is 14.8 Å². The first kappa shape index (κ1) is 19.7. The summed E-state index contributed by atoms with van der Waals surface area (Å²) in [5.41, 5.74) is 0.160. The second-order valence-electron chi connectivity index (χ2n) is 9.01. The van der Waals surface area contributed by atoms with Gasteiger partial charge in [0.25, 0.3) is 0 Å². The van der Waals surface area contributed by atoms with Crippen LogP contribution in [0.3, 0.4) is 0 Å². The quantitative estimate of drug-likeness (QED) is 0.752. The number of methoxy groups -OCH3 is 1. The van der Waals surface area contributed by atoms with Crippen molar-refractivity contribution in [3.63, 3.8) is 0 Å². The van der Waals surface area contributed by atoms with E-state index >= 15 is 0 Å². The fraction of sp³-hybridized carbons (Fsp3) is 0.667. The van der Waals surface area contributed by atoms with E-state index < -0.39 is 15.4 Å². The number of hydrogen-bond donors (Lipinski definition) is 0. The molecule has 2 aliphatic carbocycles. The molecule has 28 heavy (non-hydrogen) atoms. The van der Waals surface area contributed by atoms with Crippen molar-refractivity contribution in [3.05, 3.63) is 24.3 Å².